The van der Waals surface area contributed by atoms with Gasteiger partial charge >= 0.3 is 6.18 Å². The highest BCUT2D eigenvalue weighted by atomic mass is 19.4. The van der Waals surface area contributed by atoms with Gasteiger partial charge in [-0.1, -0.05) is 6.07 Å². The van der Waals surface area contributed by atoms with Gasteiger partial charge in [-0.25, -0.2) is 4.39 Å². The van der Waals surface area contributed by atoms with Crippen molar-refractivity contribution in [1.29, 1.82) is 0 Å². The predicted octanol–water partition coefficient (Wildman–Crippen LogP) is 4.22. The molecule has 3 rings (SSSR count). The number of carbonyl (C=O) groups is 1. The van der Waals surface area contributed by atoms with Crippen molar-refractivity contribution in [2.24, 2.45) is 0 Å². The molecule has 0 atom stereocenters. The summed E-state index contributed by atoms with van der Waals surface area (Å²) in [7, 11) is 1.80. The summed E-state index contributed by atoms with van der Waals surface area (Å²) in [5, 5.41) is 0. The Kier molecular flexibility index (Phi) is 5.23. The summed E-state index contributed by atoms with van der Waals surface area (Å²) in [6.45, 7) is 0.670. The Morgan fingerprint density at radius 1 is 1.07 bits per heavy atom. The van der Waals surface area contributed by atoms with E-state index in [-0.39, 0.29) is 17.9 Å². The maximum Gasteiger partial charge on any atom is 0.416 e. The Morgan fingerprint density at radius 3 is 2.33 bits per heavy atom. The number of hydrogen-bond acceptors (Lipinski definition) is 3. The fraction of sp³-hybridized carbons (Fsp3) is 0.200. The number of nitrogens with zero attached hydrogens (tertiary/aromatic N) is 2. The molecule has 1 fully saturated rings. The predicted molar refractivity (Wildman–Crippen MR) is 94.1 cm³/mol. The first-order chi connectivity index (χ1) is 12.7. The number of alkyl halides is 3. The molecule has 0 N–H and O–H groups in total. The van der Waals surface area contributed by atoms with Crippen molar-refractivity contribution >= 4 is 17.9 Å². The van der Waals surface area contributed by atoms with Gasteiger partial charge < -0.3 is 0 Å². The number of likely N-dealkylation sites (tertiary alicyclic amines) is 1. The lowest BCUT2D eigenvalue weighted by molar-refractivity contribution is -0.137. The van der Waals surface area contributed by atoms with Crippen molar-refractivity contribution < 1.29 is 22.4 Å². The van der Waals surface area contributed by atoms with Crippen LogP contribution in [0.1, 0.15) is 16.7 Å². The molecule has 1 aliphatic rings. The number of piperidine rings is 1. The molecule has 0 radical (unpaired) electrons. The first kappa shape index (κ1) is 19.0. The number of carbonyl (C=O) groups excluding carboxylic acids is 1. The van der Waals surface area contributed by atoms with Crippen LogP contribution >= 0.6 is 0 Å². The minimum absolute atomic E-state index is 0.00158. The Hall–Kier alpha value is -2.80. The third-order valence-corrected chi connectivity index (χ3v) is 4.08. The number of halogens is 4. The number of Topliss-reactive ketones (excluding diaryl/α,β-unsaturated/α-hetero) is 1. The lowest BCUT2D eigenvalue weighted by Crippen LogP contribution is -2.34. The zero-order valence-corrected chi connectivity index (χ0v) is 14.4. The second-order valence-electron chi connectivity index (χ2n) is 6.40. The van der Waals surface area contributed by atoms with E-state index in [2.05, 4.69) is 4.98 Å². The standard InChI is InChI=1S/C20H16F4N2O/c1-26-11-15(5-13-3-2-4-25-10-13)19(27)16(12-26)6-14-7-17(20(22,23)24)9-18(21)8-14/h2-10H,11-12H2,1H3/b15-5+,16-6+. The molecule has 1 aromatic heterocycles. The molecule has 0 unspecified atom stereocenters. The highest BCUT2D eigenvalue weighted by Gasteiger charge is 2.31. The summed E-state index contributed by atoms with van der Waals surface area (Å²) in [6.07, 6.45) is 1.58. The average Bonchev–Trinajstić information content (AvgIpc) is 2.58. The van der Waals surface area contributed by atoms with E-state index >= 15 is 0 Å². The molecule has 0 spiro atoms. The van der Waals surface area contributed by atoms with Crippen molar-refractivity contribution in [2.75, 3.05) is 20.1 Å². The van der Waals surface area contributed by atoms with Crippen molar-refractivity contribution in [2.45, 2.75) is 6.18 Å². The van der Waals surface area contributed by atoms with Crippen LogP contribution in [-0.4, -0.2) is 35.8 Å². The van der Waals surface area contributed by atoms with Gasteiger partial charge in [-0.2, -0.15) is 13.2 Å². The molecule has 27 heavy (non-hydrogen) atoms. The van der Waals surface area contributed by atoms with Crippen LogP contribution in [0, 0.1) is 5.82 Å². The van der Waals surface area contributed by atoms with Gasteiger partial charge in [0.05, 0.1) is 5.56 Å². The van der Waals surface area contributed by atoms with Crippen LogP contribution in [0.3, 0.4) is 0 Å². The maximum atomic E-state index is 13.6. The van der Waals surface area contributed by atoms with Crippen LogP contribution in [0.15, 0.2) is 53.9 Å². The van der Waals surface area contributed by atoms with Crippen LogP contribution in [0.2, 0.25) is 0 Å². The minimum Gasteiger partial charge on any atom is -0.298 e. The highest BCUT2D eigenvalue weighted by Crippen LogP contribution is 2.31. The topological polar surface area (TPSA) is 33.2 Å². The van der Waals surface area contributed by atoms with Gasteiger partial charge in [0.1, 0.15) is 5.82 Å². The van der Waals surface area contributed by atoms with Gasteiger partial charge in [0.15, 0.2) is 5.78 Å². The summed E-state index contributed by atoms with van der Waals surface area (Å²) in [6, 6.07) is 5.79. The van der Waals surface area contributed by atoms with Crippen LogP contribution in [-0.2, 0) is 11.0 Å². The van der Waals surface area contributed by atoms with Gasteiger partial charge in [-0.05, 0) is 54.6 Å². The van der Waals surface area contributed by atoms with Crippen molar-refractivity contribution in [3.05, 3.63) is 76.4 Å². The smallest absolute Gasteiger partial charge is 0.298 e. The molecule has 2 heterocycles. The highest BCUT2D eigenvalue weighted by molar-refractivity contribution is 6.14. The molecule has 1 saturated heterocycles. The minimum atomic E-state index is -4.66. The van der Waals surface area contributed by atoms with E-state index in [1.165, 1.54) is 6.08 Å². The van der Waals surface area contributed by atoms with Gasteiger partial charge in [0, 0.05) is 36.6 Å². The molecule has 0 amide bonds. The van der Waals surface area contributed by atoms with Crippen LogP contribution < -0.4 is 0 Å². The normalized spacial score (nSPS) is 19.1. The number of ketones is 1. The number of hydrogen-bond donors (Lipinski definition) is 0. The maximum absolute atomic E-state index is 13.6. The molecule has 1 aliphatic heterocycles. The van der Waals surface area contributed by atoms with E-state index in [0.29, 0.717) is 23.8 Å². The fourth-order valence-corrected chi connectivity index (χ4v) is 2.93. The zero-order chi connectivity index (χ0) is 19.6. The van der Waals surface area contributed by atoms with Gasteiger partial charge in [-0.3, -0.25) is 14.7 Å². The number of pyridine rings is 1. The molecule has 0 aliphatic carbocycles. The van der Waals surface area contributed by atoms with Gasteiger partial charge in [-0.15, -0.1) is 0 Å². The summed E-state index contributed by atoms with van der Waals surface area (Å²) in [5.41, 5.74) is 0.465. The summed E-state index contributed by atoms with van der Waals surface area (Å²) < 4.78 is 52.3. The summed E-state index contributed by atoms with van der Waals surface area (Å²) in [5.74, 6) is -1.27. The van der Waals surface area contributed by atoms with Crippen LogP contribution in [0.25, 0.3) is 12.2 Å². The van der Waals surface area contributed by atoms with Gasteiger partial charge in [0.2, 0.25) is 0 Å². The Morgan fingerprint density at radius 2 is 1.74 bits per heavy atom. The van der Waals surface area contributed by atoms with Crippen molar-refractivity contribution in [3.8, 4) is 0 Å². The lowest BCUT2D eigenvalue weighted by Gasteiger charge is -2.26. The second kappa shape index (κ2) is 7.44. The number of likely N-dealkylation sites (N-methyl/N-ethyl adjacent to an activating group) is 1. The first-order valence-electron chi connectivity index (χ1n) is 8.14. The Bertz CT molecular complexity index is 917. The quantitative estimate of drug-likeness (QED) is 0.581. The molecule has 0 saturated carbocycles. The SMILES string of the molecule is CN1C/C(=C\c2cccnc2)C(=O)/C(=C/c2cc(F)cc(C(F)(F)F)c2)C1. The molecule has 0 bridgehead atoms. The largest absolute Gasteiger partial charge is 0.416 e. The second-order valence-corrected chi connectivity index (χ2v) is 6.40. The molecule has 140 valence electrons. The Labute approximate surface area is 153 Å². The summed E-state index contributed by atoms with van der Waals surface area (Å²) >= 11 is 0. The van der Waals surface area contributed by atoms with E-state index in [9.17, 15) is 22.4 Å². The number of benzene rings is 1. The first-order valence-corrected chi connectivity index (χ1v) is 8.14. The summed E-state index contributed by atoms with van der Waals surface area (Å²) in [4.78, 5) is 18.6. The third-order valence-electron chi connectivity index (χ3n) is 4.08. The van der Waals surface area contributed by atoms with Gasteiger partial charge in [0.25, 0.3) is 0 Å². The molecular weight excluding hydrogens is 360 g/mol. The molecule has 7 heteroatoms. The van der Waals surface area contributed by atoms with Crippen LogP contribution in [0.5, 0.6) is 0 Å². The number of aromatic nitrogens is 1. The lowest BCUT2D eigenvalue weighted by atomic mass is 9.94. The van der Waals surface area contributed by atoms with Crippen LogP contribution in [0.4, 0.5) is 17.6 Å². The average molecular weight is 376 g/mol. The molecule has 2 aromatic rings. The fourth-order valence-electron chi connectivity index (χ4n) is 2.93. The number of rotatable bonds is 2. The van der Waals surface area contributed by atoms with Crippen molar-refractivity contribution in [1.82, 2.24) is 9.88 Å². The van der Waals surface area contributed by atoms with E-state index in [4.69, 9.17) is 0 Å². The zero-order valence-electron chi connectivity index (χ0n) is 14.4. The monoisotopic (exact) mass is 376 g/mol. The molecule has 1 aromatic carbocycles. The molecular formula is C20H16F4N2O. The molecule has 3 nitrogen and oxygen atoms in total. The van der Waals surface area contributed by atoms with E-state index in [0.717, 1.165) is 17.7 Å². The third kappa shape index (κ3) is 4.68. The van der Waals surface area contributed by atoms with Crippen molar-refractivity contribution in [3.63, 3.8) is 0 Å². The van der Waals surface area contributed by atoms with E-state index < -0.39 is 17.6 Å². The van der Waals surface area contributed by atoms with E-state index in [1.807, 2.05) is 4.90 Å². The Balaban J connectivity index is 1.97. The van der Waals surface area contributed by atoms with E-state index in [1.54, 1.807) is 37.7 Å².